The van der Waals surface area contributed by atoms with Crippen LogP contribution in [0, 0.1) is 20.8 Å². The average molecular weight is 442 g/mol. The van der Waals surface area contributed by atoms with Gasteiger partial charge in [0.15, 0.2) is 5.82 Å². The van der Waals surface area contributed by atoms with Gasteiger partial charge in [0, 0.05) is 0 Å². The predicted octanol–water partition coefficient (Wildman–Crippen LogP) is 3.62. The molecule has 0 saturated heterocycles. The molecule has 0 bridgehead atoms. The van der Waals surface area contributed by atoms with Gasteiger partial charge in [0.05, 0.1) is 18.0 Å². The van der Waals surface area contributed by atoms with E-state index in [-0.39, 0.29) is 12.5 Å². The number of amides is 1. The highest BCUT2D eigenvalue weighted by Gasteiger charge is 2.21. The number of aromatic nitrogens is 3. The summed E-state index contributed by atoms with van der Waals surface area (Å²) in [6.45, 7) is 7.88. The summed E-state index contributed by atoms with van der Waals surface area (Å²) in [5.74, 6) is 7.84. The number of methoxy groups -OCH3 is 1. The van der Waals surface area contributed by atoms with Crippen LogP contribution in [0.15, 0.2) is 41.6 Å². The Morgan fingerprint density at radius 2 is 1.90 bits per heavy atom. The second kappa shape index (κ2) is 9.74. The molecule has 0 aliphatic carbocycles. The molecule has 1 unspecified atom stereocenters. The molecular weight excluding hydrogens is 414 g/mol. The molecule has 1 atom stereocenters. The first-order valence-electron chi connectivity index (χ1n) is 9.80. The summed E-state index contributed by atoms with van der Waals surface area (Å²) in [4.78, 5) is 12.7. The fourth-order valence-corrected chi connectivity index (χ4v) is 3.80. The van der Waals surface area contributed by atoms with Crippen molar-refractivity contribution in [3.05, 3.63) is 58.9 Å². The Morgan fingerprint density at radius 1 is 1.19 bits per heavy atom. The molecule has 3 aromatic rings. The number of nitrogen functional groups attached to an aromatic ring is 1. The summed E-state index contributed by atoms with van der Waals surface area (Å²) in [5, 5.41) is 11.1. The van der Waals surface area contributed by atoms with Gasteiger partial charge in [-0.15, -0.1) is 10.2 Å². The highest BCUT2D eigenvalue weighted by molar-refractivity contribution is 8.00. The van der Waals surface area contributed by atoms with Gasteiger partial charge in [0.25, 0.3) is 0 Å². The van der Waals surface area contributed by atoms with Crippen LogP contribution in [0.3, 0.4) is 0 Å². The first kappa shape index (κ1) is 22.5. The van der Waals surface area contributed by atoms with Gasteiger partial charge >= 0.3 is 0 Å². The van der Waals surface area contributed by atoms with Gasteiger partial charge in [-0.1, -0.05) is 36.0 Å². The number of rotatable bonds is 8. The normalized spacial score (nSPS) is 11.8. The summed E-state index contributed by atoms with van der Waals surface area (Å²) in [6, 6.07) is 11.6. The molecule has 1 heterocycles. The molecule has 31 heavy (non-hydrogen) atoms. The van der Waals surface area contributed by atoms with Gasteiger partial charge in [-0.25, -0.2) is 4.68 Å². The largest absolute Gasteiger partial charge is 0.495 e. The molecule has 2 aromatic carbocycles. The van der Waals surface area contributed by atoms with Crippen molar-refractivity contribution in [3.63, 3.8) is 0 Å². The number of benzene rings is 2. The lowest BCUT2D eigenvalue weighted by molar-refractivity contribution is -0.115. The Hall–Kier alpha value is -3.20. The molecule has 8 nitrogen and oxygen atoms in total. The molecule has 0 saturated carbocycles. The molecule has 1 amide bonds. The first-order valence-corrected chi connectivity index (χ1v) is 10.7. The lowest BCUT2D eigenvalue weighted by Gasteiger charge is -2.14. The summed E-state index contributed by atoms with van der Waals surface area (Å²) < 4.78 is 12.6. The Balaban J connectivity index is 1.65. The molecule has 1 aromatic heterocycles. The van der Waals surface area contributed by atoms with Crippen molar-refractivity contribution in [3.8, 4) is 11.5 Å². The zero-order valence-corrected chi connectivity index (χ0v) is 19.1. The monoisotopic (exact) mass is 441 g/mol. The molecule has 3 rings (SSSR count). The molecule has 0 fully saturated rings. The number of carbonyl (C=O) groups is 1. The fourth-order valence-electron chi connectivity index (χ4n) is 3.02. The Bertz CT molecular complexity index is 1060. The van der Waals surface area contributed by atoms with Crippen molar-refractivity contribution >= 4 is 23.4 Å². The van der Waals surface area contributed by atoms with Crippen molar-refractivity contribution in [2.24, 2.45) is 0 Å². The second-order valence-corrected chi connectivity index (χ2v) is 8.54. The van der Waals surface area contributed by atoms with Crippen LogP contribution in [-0.4, -0.2) is 33.1 Å². The number of nitrogens with two attached hydrogens (primary N) is 1. The number of nitrogens with one attached hydrogen (secondary N) is 1. The maximum absolute atomic E-state index is 12.7. The van der Waals surface area contributed by atoms with E-state index in [1.54, 1.807) is 14.0 Å². The van der Waals surface area contributed by atoms with Gasteiger partial charge < -0.3 is 20.6 Å². The van der Waals surface area contributed by atoms with Gasteiger partial charge in [-0.3, -0.25) is 4.79 Å². The minimum Gasteiger partial charge on any atom is -0.495 e. The van der Waals surface area contributed by atoms with E-state index in [2.05, 4.69) is 15.5 Å². The van der Waals surface area contributed by atoms with E-state index in [0.717, 1.165) is 22.4 Å². The molecule has 3 N–H and O–H groups in total. The van der Waals surface area contributed by atoms with Crippen LogP contribution in [-0.2, 0) is 11.4 Å². The van der Waals surface area contributed by atoms with Crippen molar-refractivity contribution in [1.29, 1.82) is 0 Å². The Labute approximate surface area is 186 Å². The third-order valence-corrected chi connectivity index (χ3v) is 5.81. The third kappa shape index (κ3) is 5.29. The fraction of sp³-hybridized carbons (Fsp3) is 0.318. The van der Waals surface area contributed by atoms with Gasteiger partial charge in [-0.05, 0) is 56.5 Å². The summed E-state index contributed by atoms with van der Waals surface area (Å²) >= 11 is 1.22. The zero-order chi connectivity index (χ0) is 22.5. The molecule has 0 radical (unpaired) electrons. The van der Waals surface area contributed by atoms with Crippen LogP contribution in [0.1, 0.15) is 29.4 Å². The van der Waals surface area contributed by atoms with E-state index in [1.165, 1.54) is 16.4 Å². The summed E-state index contributed by atoms with van der Waals surface area (Å²) in [5.41, 5.74) is 3.72. The minimum atomic E-state index is -0.455. The molecule has 0 spiro atoms. The molecule has 164 valence electrons. The Morgan fingerprint density at radius 3 is 2.58 bits per heavy atom. The number of para-hydroxylation sites is 1. The van der Waals surface area contributed by atoms with E-state index in [9.17, 15) is 4.79 Å². The van der Waals surface area contributed by atoms with Crippen LogP contribution in [0.25, 0.3) is 0 Å². The predicted molar refractivity (Wildman–Crippen MR) is 122 cm³/mol. The van der Waals surface area contributed by atoms with Gasteiger partial charge in [-0.2, -0.15) is 0 Å². The van der Waals surface area contributed by atoms with E-state index >= 15 is 0 Å². The van der Waals surface area contributed by atoms with Crippen LogP contribution in [0.4, 0.5) is 5.69 Å². The number of anilines is 1. The van der Waals surface area contributed by atoms with Crippen LogP contribution in [0.5, 0.6) is 11.5 Å². The van der Waals surface area contributed by atoms with Crippen LogP contribution in [0.2, 0.25) is 0 Å². The topological polar surface area (TPSA) is 104 Å². The SMILES string of the molecule is COc1ccc(C)cc1NC(=O)C(C)Sc1nnc(COc2c(C)cccc2C)n1N. The highest BCUT2D eigenvalue weighted by atomic mass is 32.2. The average Bonchev–Trinajstić information content (AvgIpc) is 3.07. The summed E-state index contributed by atoms with van der Waals surface area (Å²) in [6.07, 6.45) is 0. The first-order chi connectivity index (χ1) is 14.8. The third-order valence-electron chi connectivity index (χ3n) is 4.75. The smallest absolute Gasteiger partial charge is 0.237 e. The van der Waals surface area contributed by atoms with Crippen LogP contribution >= 0.6 is 11.8 Å². The van der Waals surface area contributed by atoms with Gasteiger partial charge in [0.2, 0.25) is 11.1 Å². The standard InChI is InChI=1S/C22H27N5O3S/c1-13-9-10-18(29-5)17(11-13)24-21(28)16(4)31-22-26-25-19(27(22)23)12-30-20-14(2)7-6-8-15(20)3/h6-11,16H,12,23H2,1-5H3,(H,24,28). The summed E-state index contributed by atoms with van der Waals surface area (Å²) in [7, 11) is 1.57. The van der Waals surface area contributed by atoms with Crippen molar-refractivity contribution in [2.75, 3.05) is 18.3 Å². The lowest BCUT2D eigenvalue weighted by atomic mass is 10.1. The molecule has 9 heteroatoms. The zero-order valence-electron chi connectivity index (χ0n) is 18.3. The highest BCUT2D eigenvalue weighted by Crippen LogP contribution is 2.28. The van der Waals surface area contributed by atoms with E-state index < -0.39 is 5.25 Å². The van der Waals surface area contributed by atoms with E-state index in [0.29, 0.717) is 22.4 Å². The maximum atomic E-state index is 12.7. The van der Waals surface area contributed by atoms with Crippen molar-refractivity contribution in [1.82, 2.24) is 14.9 Å². The van der Waals surface area contributed by atoms with Crippen molar-refractivity contribution < 1.29 is 14.3 Å². The van der Waals surface area contributed by atoms with E-state index in [1.807, 2.05) is 57.2 Å². The number of hydrogen-bond acceptors (Lipinski definition) is 7. The lowest BCUT2D eigenvalue weighted by Crippen LogP contribution is -2.24. The van der Waals surface area contributed by atoms with E-state index in [4.69, 9.17) is 15.3 Å². The van der Waals surface area contributed by atoms with Crippen LogP contribution < -0.4 is 20.6 Å². The number of ether oxygens (including phenoxy) is 2. The minimum absolute atomic E-state index is 0.177. The number of carbonyl (C=O) groups excluding carboxylic acids is 1. The number of nitrogens with zero attached hydrogens (tertiary/aromatic N) is 3. The maximum Gasteiger partial charge on any atom is 0.237 e. The number of thioether (sulfide) groups is 1. The molecule has 0 aliphatic rings. The second-order valence-electron chi connectivity index (χ2n) is 7.23. The van der Waals surface area contributed by atoms with Crippen molar-refractivity contribution in [2.45, 2.75) is 44.7 Å². The quantitative estimate of drug-likeness (QED) is 0.406. The Kier molecular flexibility index (Phi) is 7.06. The molecule has 0 aliphatic heterocycles. The molecular formula is C22H27N5O3S. The number of aryl methyl sites for hydroxylation is 3. The van der Waals surface area contributed by atoms with Gasteiger partial charge in [0.1, 0.15) is 18.1 Å². The number of hydrogen-bond donors (Lipinski definition) is 2.